The van der Waals surface area contributed by atoms with Gasteiger partial charge in [-0.1, -0.05) is 29.0 Å². The molecule has 1 saturated heterocycles. The summed E-state index contributed by atoms with van der Waals surface area (Å²) in [6.45, 7) is 5.62. The highest BCUT2D eigenvalue weighted by Gasteiger charge is 2.21. The summed E-state index contributed by atoms with van der Waals surface area (Å²) in [5, 5.41) is 1.70. The SMILES string of the molecule is Cc1ccc(Cl)cc1N1CCN(c2nc3ccc(S(C)(=O)=O)cc3s2)CC1. The number of sulfone groups is 1. The van der Waals surface area contributed by atoms with E-state index in [1.165, 1.54) is 17.5 Å². The van der Waals surface area contributed by atoms with Crippen LogP contribution in [0.5, 0.6) is 0 Å². The van der Waals surface area contributed by atoms with Gasteiger partial charge in [-0.25, -0.2) is 13.4 Å². The molecule has 27 heavy (non-hydrogen) atoms. The van der Waals surface area contributed by atoms with Gasteiger partial charge in [0.2, 0.25) is 0 Å². The van der Waals surface area contributed by atoms with E-state index in [2.05, 4.69) is 22.8 Å². The molecule has 5 nitrogen and oxygen atoms in total. The number of nitrogens with zero attached hydrogens (tertiary/aromatic N) is 3. The molecule has 1 aliphatic rings. The van der Waals surface area contributed by atoms with Crippen molar-refractivity contribution in [2.24, 2.45) is 0 Å². The lowest BCUT2D eigenvalue weighted by Gasteiger charge is -2.36. The van der Waals surface area contributed by atoms with Crippen LogP contribution in [0, 0.1) is 6.92 Å². The van der Waals surface area contributed by atoms with Crippen molar-refractivity contribution in [3.8, 4) is 0 Å². The van der Waals surface area contributed by atoms with E-state index >= 15 is 0 Å². The molecule has 3 aromatic rings. The van der Waals surface area contributed by atoms with E-state index in [1.807, 2.05) is 12.1 Å². The largest absolute Gasteiger partial charge is 0.368 e. The molecular formula is C19H20ClN3O2S2. The predicted octanol–water partition coefficient (Wildman–Crippen LogP) is 3.99. The van der Waals surface area contributed by atoms with Gasteiger partial charge in [0.25, 0.3) is 0 Å². The molecule has 0 unspecified atom stereocenters. The molecule has 2 heterocycles. The third-order valence-electron chi connectivity index (χ3n) is 4.84. The van der Waals surface area contributed by atoms with Crippen LogP contribution in [0.4, 0.5) is 10.8 Å². The fraction of sp³-hybridized carbons (Fsp3) is 0.316. The zero-order chi connectivity index (χ0) is 19.2. The number of rotatable bonds is 3. The average molecular weight is 422 g/mol. The molecule has 0 spiro atoms. The summed E-state index contributed by atoms with van der Waals surface area (Å²) in [5.41, 5.74) is 3.25. The third kappa shape index (κ3) is 3.77. The van der Waals surface area contributed by atoms with Crippen molar-refractivity contribution in [1.29, 1.82) is 0 Å². The Balaban J connectivity index is 1.53. The number of hydrogen-bond donors (Lipinski definition) is 0. The minimum Gasteiger partial charge on any atom is -0.368 e. The maximum absolute atomic E-state index is 11.8. The number of hydrogen-bond acceptors (Lipinski definition) is 6. The Morgan fingerprint density at radius 2 is 1.74 bits per heavy atom. The lowest BCUT2D eigenvalue weighted by molar-refractivity contribution is 0.602. The molecule has 0 atom stereocenters. The minimum atomic E-state index is -3.21. The number of aromatic nitrogens is 1. The first-order valence-electron chi connectivity index (χ1n) is 8.68. The maximum Gasteiger partial charge on any atom is 0.186 e. The highest BCUT2D eigenvalue weighted by molar-refractivity contribution is 7.90. The molecular weight excluding hydrogens is 402 g/mol. The molecule has 1 fully saturated rings. The highest BCUT2D eigenvalue weighted by atomic mass is 35.5. The molecule has 2 aromatic carbocycles. The second-order valence-corrected chi connectivity index (χ2v) is 10.3. The van der Waals surface area contributed by atoms with E-state index in [9.17, 15) is 8.42 Å². The van der Waals surface area contributed by atoms with E-state index in [0.29, 0.717) is 4.90 Å². The van der Waals surface area contributed by atoms with Gasteiger partial charge in [-0.05, 0) is 42.8 Å². The third-order valence-corrected chi connectivity index (χ3v) is 7.26. The molecule has 0 bridgehead atoms. The number of anilines is 2. The van der Waals surface area contributed by atoms with Gasteiger partial charge in [0.05, 0.1) is 15.1 Å². The Kier molecular flexibility index (Phi) is 4.78. The van der Waals surface area contributed by atoms with E-state index < -0.39 is 9.84 Å². The number of thiazole rings is 1. The van der Waals surface area contributed by atoms with Crippen molar-refractivity contribution in [3.05, 3.63) is 47.0 Å². The van der Waals surface area contributed by atoms with Crippen LogP contribution in [0.15, 0.2) is 41.3 Å². The van der Waals surface area contributed by atoms with Crippen LogP contribution < -0.4 is 9.80 Å². The summed E-state index contributed by atoms with van der Waals surface area (Å²) in [6, 6.07) is 11.1. The van der Waals surface area contributed by atoms with Crippen LogP contribution >= 0.6 is 22.9 Å². The summed E-state index contributed by atoms with van der Waals surface area (Å²) < 4.78 is 24.4. The van der Waals surface area contributed by atoms with Crippen molar-refractivity contribution in [2.75, 3.05) is 42.2 Å². The summed E-state index contributed by atoms with van der Waals surface area (Å²) >= 11 is 7.71. The molecule has 0 radical (unpaired) electrons. The lowest BCUT2D eigenvalue weighted by Crippen LogP contribution is -2.46. The van der Waals surface area contributed by atoms with Crippen molar-refractivity contribution < 1.29 is 8.42 Å². The van der Waals surface area contributed by atoms with E-state index in [4.69, 9.17) is 16.6 Å². The first-order chi connectivity index (χ1) is 12.8. The van der Waals surface area contributed by atoms with Gasteiger partial charge in [0.1, 0.15) is 0 Å². The first kappa shape index (κ1) is 18.5. The van der Waals surface area contributed by atoms with Crippen LogP contribution in [-0.2, 0) is 9.84 Å². The maximum atomic E-state index is 11.8. The van der Waals surface area contributed by atoms with Gasteiger partial charge in [0.15, 0.2) is 15.0 Å². The molecule has 0 aliphatic carbocycles. The Morgan fingerprint density at radius 3 is 2.44 bits per heavy atom. The van der Waals surface area contributed by atoms with Gasteiger partial charge in [0, 0.05) is 43.1 Å². The molecule has 0 saturated carbocycles. The minimum absolute atomic E-state index is 0.339. The zero-order valence-corrected chi connectivity index (χ0v) is 17.5. The number of halogens is 1. The first-order valence-corrected chi connectivity index (χ1v) is 11.8. The Morgan fingerprint density at radius 1 is 1.04 bits per heavy atom. The van der Waals surface area contributed by atoms with Crippen LogP contribution in [0.25, 0.3) is 10.2 Å². The zero-order valence-electron chi connectivity index (χ0n) is 15.1. The average Bonchev–Trinajstić information content (AvgIpc) is 3.06. The summed E-state index contributed by atoms with van der Waals surface area (Å²) in [4.78, 5) is 9.66. The van der Waals surface area contributed by atoms with Crippen molar-refractivity contribution >= 4 is 53.8 Å². The van der Waals surface area contributed by atoms with Crippen LogP contribution in [-0.4, -0.2) is 45.8 Å². The van der Waals surface area contributed by atoms with E-state index in [-0.39, 0.29) is 0 Å². The van der Waals surface area contributed by atoms with Gasteiger partial charge < -0.3 is 9.80 Å². The number of benzene rings is 2. The van der Waals surface area contributed by atoms with Crippen molar-refractivity contribution in [2.45, 2.75) is 11.8 Å². The van der Waals surface area contributed by atoms with Crippen molar-refractivity contribution in [1.82, 2.24) is 4.98 Å². The monoisotopic (exact) mass is 421 g/mol. The van der Waals surface area contributed by atoms with Gasteiger partial charge >= 0.3 is 0 Å². The topological polar surface area (TPSA) is 53.5 Å². The van der Waals surface area contributed by atoms with E-state index in [0.717, 1.165) is 46.5 Å². The fourth-order valence-electron chi connectivity index (χ4n) is 3.32. The lowest BCUT2D eigenvalue weighted by atomic mass is 10.1. The van der Waals surface area contributed by atoms with Crippen LogP contribution in [0.1, 0.15) is 5.56 Å². The summed E-state index contributed by atoms with van der Waals surface area (Å²) in [5.74, 6) is 0. The molecule has 4 rings (SSSR count). The molecule has 142 valence electrons. The normalized spacial score (nSPS) is 15.5. The van der Waals surface area contributed by atoms with Crippen LogP contribution in [0.2, 0.25) is 5.02 Å². The second kappa shape index (κ2) is 6.96. The molecule has 0 amide bonds. The van der Waals surface area contributed by atoms with Crippen molar-refractivity contribution in [3.63, 3.8) is 0 Å². The number of piperazine rings is 1. The van der Waals surface area contributed by atoms with Gasteiger partial charge in [-0.15, -0.1) is 0 Å². The summed E-state index contributed by atoms with van der Waals surface area (Å²) in [7, 11) is -3.21. The molecule has 1 aliphatic heterocycles. The predicted molar refractivity (Wildman–Crippen MR) is 113 cm³/mol. The Bertz CT molecular complexity index is 1100. The smallest absolute Gasteiger partial charge is 0.186 e. The Hall–Kier alpha value is -1.83. The number of fused-ring (bicyclic) bond motifs is 1. The van der Waals surface area contributed by atoms with E-state index in [1.54, 1.807) is 29.5 Å². The number of aryl methyl sites for hydroxylation is 1. The van der Waals surface area contributed by atoms with Gasteiger partial charge in [-0.3, -0.25) is 0 Å². The highest BCUT2D eigenvalue weighted by Crippen LogP contribution is 2.32. The molecule has 1 aromatic heterocycles. The van der Waals surface area contributed by atoms with Gasteiger partial charge in [-0.2, -0.15) is 0 Å². The standard InChI is InChI=1S/C19H20ClN3O2S2/c1-13-3-4-14(20)11-17(13)22-7-9-23(10-8-22)19-21-16-6-5-15(27(2,24)25)12-18(16)26-19/h3-6,11-12H,7-10H2,1-2H3. The van der Waals surface area contributed by atoms with Crippen LogP contribution in [0.3, 0.4) is 0 Å². The fourth-order valence-corrected chi connectivity index (χ4v) is 5.27. The molecule has 0 N–H and O–H groups in total. The Labute approximate surface area is 168 Å². The summed E-state index contributed by atoms with van der Waals surface area (Å²) in [6.07, 6.45) is 1.23. The molecule has 8 heteroatoms. The second-order valence-electron chi connectivity index (χ2n) is 6.80. The quantitative estimate of drug-likeness (QED) is 0.640.